The van der Waals surface area contributed by atoms with Gasteiger partial charge in [-0.25, -0.2) is 0 Å². The standard InChI is InChI=1S/C25H41N5O2/c1-5-26-25(27-17-23(29(2)3)20-12-9-13-22(16-20)32-4)28-21-14-15-30(18-21)24(31)19-10-7-6-8-11-19/h9,12-13,16,19,21,23H,5-8,10-11,14-15,17-18H2,1-4H3,(H2,26,27,28). The summed E-state index contributed by atoms with van der Waals surface area (Å²) < 4.78 is 5.40. The van der Waals surface area contributed by atoms with Crippen LogP contribution in [0.25, 0.3) is 0 Å². The molecular formula is C25H41N5O2. The van der Waals surface area contributed by atoms with Crippen LogP contribution < -0.4 is 15.4 Å². The number of carbonyl (C=O) groups excluding carboxylic acids is 1. The van der Waals surface area contributed by atoms with E-state index in [2.05, 4.69) is 53.6 Å². The Balaban J connectivity index is 1.60. The van der Waals surface area contributed by atoms with E-state index >= 15 is 0 Å². The first kappa shape index (κ1) is 24.4. The molecule has 1 aromatic carbocycles. The largest absolute Gasteiger partial charge is 0.497 e. The van der Waals surface area contributed by atoms with Crippen LogP contribution >= 0.6 is 0 Å². The molecule has 1 aliphatic heterocycles. The van der Waals surface area contributed by atoms with Crippen LogP contribution in [-0.4, -0.2) is 75.1 Å². The lowest BCUT2D eigenvalue weighted by Gasteiger charge is -2.26. The fraction of sp³-hybridized carbons (Fsp3) is 0.680. The molecule has 2 unspecified atom stereocenters. The van der Waals surface area contributed by atoms with Gasteiger partial charge >= 0.3 is 0 Å². The van der Waals surface area contributed by atoms with Gasteiger partial charge < -0.3 is 25.2 Å². The minimum absolute atomic E-state index is 0.147. The Kier molecular flexibility index (Phi) is 9.21. The third kappa shape index (κ3) is 6.61. The number of rotatable bonds is 8. The van der Waals surface area contributed by atoms with Crippen LogP contribution in [0.5, 0.6) is 5.75 Å². The summed E-state index contributed by atoms with van der Waals surface area (Å²) in [6.07, 6.45) is 6.77. The summed E-state index contributed by atoms with van der Waals surface area (Å²) in [5.74, 6) is 2.28. The van der Waals surface area contributed by atoms with Gasteiger partial charge in [-0.2, -0.15) is 0 Å². The van der Waals surface area contributed by atoms with Crippen LogP contribution in [0.4, 0.5) is 0 Å². The van der Waals surface area contributed by atoms with Gasteiger partial charge in [0.2, 0.25) is 5.91 Å². The van der Waals surface area contributed by atoms with E-state index in [0.29, 0.717) is 12.5 Å². The zero-order valence-electron chi connectivity index (χ0n) is 20.3. The molecule has 1 saturated carbocycles. The first-order chi connectivity index (χ1) is 15.5. The van der Waals surface area contributed by atoms with Crippen molar-refractivity contribution in [2.24, 2.45) is 10.9 Å². The highest BCUT2D eigenvalue weighted by atomic mass is 16.5. The Bertz CT molecular complexity index is 760. The molecule has 1 saturated heterocycles. The summed E-state index contributed by atoms with van der Waals surface area (Å²) in [5, 5.41) is 6.95. The SMILES string of the molecule is CCNC(=NCC(c1cccc(OC)c1)N(C)C)NC1CCN(C(=O)C2CCCCC2)C1. The Morgan fingerprint density at radius 3 is 2.72 bits per heavy atom. The number of aliphatic imine (C=N–C) groups is 1. The van der Waals surface area contributed by atoms with Crippen molar-refractivity contribution in [1.29, 1.82) is 0 Å². The molecule has 2 fully saturated rings. The number of benzene rings is 1. The summed E-state index contributed by atoms with van der Waals surface area (Å²) in [6, 6.07) is 8.57. The normalized spacial score (nSPS) is 21.0. The summed E-state index contributed by atoms with van der Waals surface area (Å²) in [4.78, 5) is 22.0. The van der Waals surface area contributed by atoms with E-state index in [-0.39, 0.29) is 18.0 Å². The summed E-state index contributed by atoms with van der Waals surface area (Å²) in [7, 11) is 5.84. The van der Waals surface area contributed by atoms with E-state index in [1.165, 1.54) is 24.8 Å². The van der Waals surface area contributed by atoms with Gasteiger partial charge in [0, 0.05) is 31.6 Å². The van der Waals surface area contributed by atoms with E-state index in [4.69, 9.17) is 9.73 Å². The molecule has 3 rings (SSSR count). The molecule has 1 aromatic rings. The highest BCUT2D eigenvalue weighted by molar-refractivity contribution is 5.81. The predicted octanol–water partition coefficient (Wildman–Crippen LogP) is 3.03. The van der Waals surface area contributed by atoms with Crippen LogP contribution in [0.15, 0.2) is 29.3 Å². The van der Waals surface area contributed by atoms with Gasteiger partial charge in [-0.3, -0.25) is 9.79 Å². The number of amides is 1. The average molecular weight is 444 g/mol. The number of carbonyl (C=O) groups is 1. The van der Waals surface area contributed by atoms with Crippen molar-refractivity contribution in [3.05, 3.63) is 29.8 Å². The van der Waals surface area contributed by atoms with Crippen molar-refractivity contribution in [2.45, 2.75) is 57.5 Å². The molecule has 7 heteroatoms. The van der Waals surface area contributed by atoms with Gasteiger partial charge in [0.05, 0.1) is 19.7 Å². The monoisotopic (exact) mass is 443 g/mol. The molecule has 0 bridgehead atoms. The second kappa shape index (κ2) is 12.1. The van der Waals surface area contributed by atoms with Gasteiger partial charge in [0.15, 0.2) is 5.96 Å². The third-order valence-corrected chi connectivity index (χ3v) is 6.66. The molecule has 7 nitrogen and oxygen atoms in total. The fourth-order valence-electron chi connectivity index (χ4n) is 4.79. The molecule has 2 aliphatic rings. The number of nitrogens with one attached hydrogen (secondary N) is 2. The van der Waals surface area contributed by atoms with Crippen LogP contribution in [0.2, 0.25) is 0 Å². The first-order valence-corrected chi connectivity index (χ1v) is 12.2. The van der Waals surface area contributed by atoms with E-state index in [0.717, 1.165) is 50.6 Å². The van der Waals surface area contributed by atoms with Crippen molar-refractivity contribution in [3.8, 4) is 5.75 Å². The van der Waals surface area contributed by atoms with E-state index in [1.807, 2.05) is 12.1 Å². The summed E-state index contributed by atoms with van der Waals surface area (Å²) in [6.45, 7) is 5.13. The second-order valence-electron chi connectivity index (χ2n) is 9.22. The van der Waals surface area contributed by atoms with Crippen LogP contribution in [0.3, 0.4) is 0 Å². The van der Waals surface area contributed by atoms with Gasteiger partial charge in [0.1, 0.15) is 5.75 Å². The lowest BCUT2D eigenvalue weighted by molar-refractivity contribution is -0.135. The highest BCUT2D eigenvalue weighted by Crippen LogP contribution is 2.27. The smallest absolute Gasteiger partial charge is 0.225 e. The average Bonchev–Trinajstić information content (AvgIpc) is 3.27. The number of hydrogen-bond acceptors (Lipinski definition) is 4. The zero-order chi connectivity index (χ0) is 22.9. The predicted molar refractivity (Wildman–Crippen MR) is 130 cm³/mol. The van der Waals surface area contributed by atoms with Crippen molar-refractivity contribution in [1.82, 2.24) is 20.4 Å². The maximum Gasteiger partial charge on any atom is 0.225 e. The zero-order valence-corrected chi connectivity index (χ0v) is 20.3. The lowest BCUT2D eigenvalue weighted by atomic mass is 9.88. The molecular weight excluding hydrogens is 402 g/mol. The number of guanidine groups is 1. The van der Waals surface area contributed by atoms with Gasteiger partial charge in [-0.05, 0) is 58.0 Å². The molecule has 0 spiro atoms. The molecule has 0 radical (unpaired) electrons. The molecule has 178 valence electrons. The van der Waals surface area contributed by atoms with E-state index < -0.39 is 0 Å². The lowest BCUT2D eigenvalue weighted by Crippen LogP contribution is -2.46. The first-order valence-electron chi connectivity index (χ1n) is 12.2. The Morgan fingerprint density at radius 2 is 2.03 bits per heavy atom. The van der Waals surface area contributed by atoms with Crippen molar-refractivity contribution < 1.29 is 9.53 Å². The quantitative estimate of drug-likeness (QED) is 0.477. The molecule has 2 N–H and O–H groups in total. The summed E-state index contributed by atoms with van der Waals surface area (Å²) in [5.41, 5.74) is 1.18. The third-order valence-electron chi connectivity index (χ3n) is 6.66. The maximum absolute atomic E-state index is 12.9. The van der Waals surface area contributed by atoms with Gasteiger partial charge in [-0.15, -0.1) is 0 Å². The Hall–Kier alpha value is -2.28. The molecule has 2 atom stereocenters. The van der Waals surface area contributed by atoms with E-state index in [9.17, 15) is 4.79 Å². The van der Waals surface area contributed by atoms with Crippen molar-refractivity contribution in [3.63, 3.8) is 0 Å². The van der Waals surface area contributed by atoms with Gasteiger partial charge in [0.25, 0.3) is 0 Å². The highest BCUT2D eigenvalue weighted by Gasteiger charge is 2.31. The van der Waals surface area contributed by atoms with E-state index in [1.54, 1.807) is 7.11 Å². The fourth-order valence-corrected chi connectivity index (χ4v) is 4.79. The van der Waals surface area contributed by atoms with Crippen LogP contribution in [-0.2, 0) is 4.79 Å². The number of ether oxygens (including phenoxy) is 1. The number of methoxy groups -OCH3 is 1. The minimum Gasteiger partial charge on any atom is -0.497 e. The van der Waals surface area contributed by atoms with Crippen molar-refractivity contribution >= 4 is 11.9 Å². The van der Waals surface area contributed by atoms with Crippen LogP contribution in [0.1, 0.15) is 57.1 Å². The molecule has 1 amide bonds. The summed E-state index contributed by atoms with van der Waals surface area (Å²) >= 11 is 0. The van der Waals surface area contributed by atoms with Crippen molar-refractivity contribution in [2.75, 3.05) is 47.4 Å². The Labute approximate surface area is 193 Å². The Morgan fingerprint density at radius 1 is 1.25 bits per heavy atom. The number of likely N-dealkylation sites (N-methyl/N-ethyl adjacent to an activating group) is 1. The molecule has 1 aliphatic carbocycles. The topological polar surface area (TPSA) is 69.2 Å². The molecule has 32 heavy (non-hydrogen) atoms. The number of hydrogen-bond donors (Lipinski definition) is 2. The van der Waals surface area contributed by atoms with Crippen LogP contribution in [0, 0.1) is 5.92 Å². The number of nitrogens with zero attached hydrogens (tertiary/aromatic N) is 3. The molecule has 0 aromatic heterocycles. The maximum atomic E-state index is 12.9. The molecule has 1 heterocycles. The van der Waals surface area contributed by atoms with Gasteiger partial charge in [-0.1, -0.05) is 31.4 Å². The number of likely N-dealkylation sites (tertiary alicyclic amines) is 1. The minimum atomic E-state index is 0.147. The second-order valence-corrected chi connectivity index (χ2v) is 9.22.